The molecule has 0 radical (unpaired) electrons. The van der Waals surface area contributed by atoms with E-state index in [1.54, 1.807) is 13.2 Å². The lowest BCUT2D eigenvalue weighted by molar-refractivity contribution is -0.00579. The van der Waals surface area contributed by atoms with Crippen LogP contribution in [-0.2, 0) is 4.74 Å². The fourth-order valence-electron chi connectivity index (χ4n) is 2.43. The number of methoxy groups -OCH3 is 1. The highest BCUT2D eigenvalue weighted by molar-refractivity contribution is 5.93. The Balaban J connectivity index is 2.02. The third-order valence-corrected chi connectivity index (χ3v) is 3.39. The lowest BCUT2D eigenvalue weighted by Gasteiger charge is -2.26. The molecule has 0 heterocycles. The molecule has 4 heteroatoms. The molecule has 92 valence electrons. The molecule has 0 aliphatic heterocycles. The van der Waals surface area contributed by atoms with E-state index in [1.165, 1.54) is 32.1 Å². The largest absolute Gasteiger partial charge is 0.494 e. The topological polar surface area (TPSA) is 57.7 Å². The first-order valence-electron chi connectivity index (χ1n) is 6.27. The Morgan fingerprint density at radius 2 is 2.12 bits per heavy atom. The minimum Gasteiger partial charge on any atom is -0.494 e. The highest BCUT2D eigenvalue weighted by Crippen LogP contribution is 2.22. The molecule has 0 unspecified atom stereocenters. The van der Waals surface area contributed by atoms with Crippen LogP contribution in [0.15, 0.2) is 23.6 Å². The molecular weight excluding hydrogens is 214 g/mol. The molecule has 0 saturated heterocycles. The zero-order chi connectivity index (χ0) is 12.1. The maximum absolute atomic E-state index is 8.75. The van der Waals surface area contributed by atoms with Crippen LogP contribution in [-0.4, -0.2) is 23.7 Å². The maximum atomic E-state index is 8.75. The molecule has 2 rings (SSSR count). The van der Waals surface area contributed by atoms with Crippen molar-refractivity contribution in [3.05, 3.63) is 29.1 Å². The van der Waals surface area contributed by atoms with Crippen LogP contribution in [0.3, 0.4) is 0 Å². The Kier molecular flexibility index (Phi) is 3.99. The van der Waals surface area contributed by atoms with Crippen molar-refractivity contribution in [3.63, 3.8) is 0 Å². The van der Waals surface area contributed by atoms with E-state index >= 15 is 0 Å². The van der Waals surface area contributed by atoms with Crippen LogP contribution in [0.4, 0.5) is 0 Å². The zero-order valence-corrected chi connectivity index (χ0v) is 10.3. The standard InChI is InChI=1S/C13H19N3O/c1-17-13-9-11(16-14)7-8-12(13)15-10-5-3-2-4-6-10/h8-10,15H,2-7H2,1H3. The average molecular weight is 233 g/mol. The molecule has 2 aliphatic rings. The van der Waals surface area contributed by atoms with Crippen molar-refractivity contribution in [1.82, 2.24) is 5.32 Å². The van der Waals surface area contributed by atoms with E-state index in [2.05, 4.69) is 10.1 Å². The van der Waals surface area contributed by atoms with Crippen molar-refractivity contribution in [2.24, 2.45) is 0 Å². The van der Waals surface area contributed by atoms with E-state index < -0.39 is 0 Å². The fourth-order valence-corrected chi connectivity index (χ4v) is 2.43. The van der Waals surface area contributed by atoms with Crippen molar-refractivity contribution >= 4 is 5.71 Å². The molecule has 2 aliphatic carbocycles. The molecule has 0 spiro atoms. The molecule has 4 nitrogen and oxygen atoms in total. The van der Waals surface area contributed by atoms with Gasteiger partial charge in [-0.15, -0.1) is 0 Å². The minimum absolute atomic E-state index is 0.557. The Hall–Kier alpha value is -1.54. The highest BCUT2D eigenvalue weighted by atomic mass is 16.5. The van der Waals surface area contributed by atoms with Gasteiger partial charge < -0.3 is 15.6 Å². The third-order valence-electron chi connectivity index (χ3n) is 3.39. The van der Waals surface area contributed by atoms with E-state index in [0.717, 1.165) is 11.5 Å². The summed E-state index contributed by atoms with van der Waals surface area (Å²) < 4.78 is 5.32. The first-order chi connectivity index (χ1) is 8.33. The van der Waals surface area contributed by atoms with Gasteiger partial charge in [-0.05, 0) is 18.9 Å². The summed E-state index contributed by atoms with van der Waals surface area (Å²) in [6.45, 7) is 0. The number of nitrogens with zero attached hydrogens (tertiary/aromatic N) is 2. The molecule has 1 N–H and O–H groups in total. The summed E-state index contributed by atoms with van der Waals surface area (Å²) in [5, 5.41) is 3.53. The van der Waals surface area contributed by atoms with Crippen LogP contribution < -0.4 is 5.32 Å². The predicted octanol–water partition coefficient (Wildman–Crippen LogP) is 2.40. The second-order valence-corrected chi connectivity index (χ2v) is 4.61. The Bertz CT molecular complexity index is 385. The average Bonchev–Trinajstić information content (AvgIpc) is 2.40. The molecule has 0 aromatic rings. The van der Waals surface area contributed by atoms with Gasteiger partial charge in [0.15, 0.2) is 0 Å². The second-order valence-electron chi connectivity index (χ2n) is 4.61. The summed E-state index contributed by atoms with van der Waals surface area (Å²) in [5.74, 6) is 0.759. The molecular formula is C13H19N3O. The molecule has 0 aromatic carbocycles. The zero-order valence-electron chi connectivity index (χ0n) is 10.3. The number of hydrogen-bond acceptors (Lipinski definition) is 2. The monoisotopic (exact) mass is 233 g/mol. The summed E-state index contributed by atoms with van der Waals surface area (Å²) in [4.78, 5) is 3.21. The normalized spacial score (nSPS) is 21.4. The summed E-state index contributed by atoms with van der Waals surface area (Å²) in [6, 6.07) is 0.557. The van der Waals surface area contributed by atoms with Crippen LogP contribution in [0, 0.1) is 0 Å². The SMILES string of the molecule is COC1=CC(=[N+]=[N-])CC=C1NC1CCCCC1. The molecule has 1 fully saturated rings. The van der Waals surface area contributed by atoms with Gasteiger partial charge in [0, 0.05) is 6.04 Å². The minimum atomic E-state index is 0.557. The first-order valence-corrected chi connectivity index (χ1v) is 6.27. The van der Waals surface area contributed by atoms with Gasteiger partial charge in [-0.25, -0.2) is 0 Å². The lowest BCUT2D eigenvalue weighted by atomic mass is 9.95. The molecule has 0 bridgehead atoms. The number of hydrogen-bond donors (Lipinski definition) is 1. The molecule has 0 atom stereocenters. The van der Waals surface area contributed by atoms with E-state index in [1.807, 2.05) is 6.08 Å². The summed E-state index contributed by atoms with van der Waals surface area (Å²) in [6.07, 6.45) is 10.9. The summed E-state index contributed by atoms with van der Waals surface area (Å²) in [5.41, 5.74) is 10.4. The lowest BCUT2D eigenvalue weighted by Crippen LogP contribution is -2.32. The number of rotatable bonds is 3. The van der Waals surface area contributed by atoms with Crippen LogP contribution >= 0.6 is 0 Å². The van der Waals surface area contributed by atoms with Gasteiger partial charge >= 0.3 is 0 Å². The van der Waals surface area contributed by atoms with Gasteiger partial charge in [0.1, 0.15) is 5.76 Å². The van der Waals surface area contributed by atoms with Gasteiger partial charge in [-0.1, -0.05) is 19.3 Å². The van der Waals surface area contributed by atoms with Crippen molar-refractivity contribution < 1.29 is 9.53 Å². The van der Waals surface area contributed by atoms with Crippen molar-refractivity contribution in [2.75, 3.05) is 7.11 Å². The third kappa shape index (κ3) is 2.98. The smallest absolute Gasteiger partial charge is 0.299 e. The van der Waals surface area contributed by atoms with E-state index in [9.17, 15) is 0 Å². The van der Waals surface area contributed by atoms with Gasteiger partial charge in [0.25, 0.3) is 5.71 Å². The molecule has 0 aromatic heterocycles. The Morgan fingerprint density at radius 3 is 2.76 bits per heavy atom. The van der Waals surface area contributed by atoms with Gasteiger partial charge in [-0.2, -0.15) is 4.79 Å². The number of allylic oxidation sites excluding steroid dienone is 2. The number of nitrogens with one attached hydrogen (secondary N) is 1. The summed E-state index contributed by atoms with van der Waals surface area (Å²) in [7, 11) is 1.64. The van der Waals surface area contributed by atoms with E-state index in [-0.39, 0.29) is 0 Å². The Morgan fingerprint density at radius 1 is 1.35 bits per heavy atom. The van der Waals surface area contributed by atoms with Crippen molar-refractivity contribution in [3.8, 4) is 0 Å². The highest BCUT2D eigenvalue weighted by Gasteiger charge is 2.20. The number of ether oxygens (including phenoxy) is 1. The van der Waals surface area contributed by atoms with Crippen molar-refractivity contribution in [1.29, 1.82) is 0 Å². The quantitative estimate of drug-likeness (QED) is 0.601. The van der Waals surface area contributed by atoms with Gasteiger partial charge in [0.05, 0.1) is 25.3 Å². The fraction of sp³-hybridized carbons (Fsp3) is 0.615. The van der Waals surface area contributed by atoms with Gasteiger partial charge in [0.2, 0.25) is 0 Å². The van der Waals surface area contributed by atoms with Crippen LogP contribution in [0.2, 0.25) is 0 Å². The Labute approximate surface area is 102 Å². The predicted molar refractivity (Wildman–Crippen MR) is 66.4 cm³/mol. The van der Waals surface area contributed by atoms with Gasteiger partial charge in [-0.3, -0.25) is 0 Å². The van der Waals surface area contributed by atoms with Crippen LogP contribution in [0.25, 0.3) is 5.53 Å². The maximum Gasteiger partial charge on any atom is 0.299 e. The second kappa shape index (κ2) is 5.69. The molecule has 1 saturated carbocycles. The molecule has 0 amide bonds. The van der Waals surface area contributed by atoms with E-state index in [4.69, 9.17) is 10.3 Å². The van der Waals surface area contributed by atoms with Crippen LogP contribution in [0.1, 0.15) is 38.5 Å². The molecule has 17 heavy (non-hydrogen) atoms. The summed E-state index contributed by atoms with van der Waals surface area (Å²) >= 11 is 0. The van der Waals surface area contributed by atoms with E-state index in [0.29, 0.717) is 18.2 Å². The first kappa shape index (κ1) is 11.9. The van der Waals surface area contributed by atoms with Crippen molar-refractivity contribution in [2.45, 2.75) is 44.6 Å². The van der Waals surface area contributed by atoms with Crippen LogP contribution in [0.5, 0.6) is 0 Å².